The van der Waals surface area contributed by atoms with Gasteiger partial charge in [0.05, 0.1) is 5.25 Å². The predicted molar refractivity (Wildman–Crippen MR) is 101 cm³/mol. The van der Waals surface area contributed by atoms with Gasteiger partial charge in [-0.3, -0.25) is 0 Å². The van der Waals surface area contributed by atoms with E-state index in [2.05, 4.69) is 14.9 Å². The van der Waals surface area contributed by atoms with E-state index >= 15 is 0 Å². The number of anilines is 1. The van der Waals surface area contributed by atoms with Crippen molar-refractivity contribution >= 4 is 16.0 Å². The standard InChI is InChI=1S/C19H24N4O2S/c1-15-11-20-19(21-12-15)22-9-7-17-14-23(13-16-5-3-2-4-6-16)26(24,25)18(17)8-10-22/h2-6,11-12,17-18H,7-10,13-14H2,1H3/t17-,18-/m1/s1. The Morgan fingerprint density at radius 1 is 1.08 bits per heavy atom. The summed E-state index contributed by atoms with van der Waals surface area (Å²) in [6.45, 7) is 4.54. The maximum Gasteiger partial charge on any atom is 0.225 e. The zero-order chi connectivity index (χ0) is 18.1. The highest BCUT2D eigenvalue weighted by Crippen LogP contribution is 2.35. The molecule has 2 atom stereocenters. The van der Waals surface area contributed by atoms with Crippen molar-refractivity contribution in [3.8, 4) is 0 Å². The second-order valence-corrected chi connectivity index (χ2v) is 9.40. The zero-order valence-corrected chi connectivity index (χ0v) is 15.8. The highest BCUT2D eigenvalue weighted by atomic mass is 32.2. The van der Waals surface area contributed by atoms with Crippen molar-refractivity contribution in [2.45, 2.75) is 31.6 Å². The molecule has 138 valence electrons. The summed E-state index contributed by atoms with van der Waals surface area (Å²) in [5.74, 6) is 0.883. The second-order valence-electron chi connectivity index (χ2n) is 7.25. The van der Waals surface area contributed by atoms with Crippen molar-refractivity contribution < 1.29 is 8.42 Å². The minimum atomic E-state index is -3.26. The van der Waals surface area contributed by atoms with E-state index in [-0.39, 0.29) is 11.2 Å². The summed E-state index contributed by atoms with van der Waals surface area (Å²) in [7, 11) is -3.26. The van der Waals surface area contributed by atoms with Crippen LogP contribution in [0.3, 0.4) is 0 Å². The fourth-order valence-corrected chi connectivity index (χ4v) is 6.21. The number of rotatable bonds is 3. The van der Waals surface area contributed by atoms with Crippen molar-refractivity contribution in [1.82, 2.24) is 14.3 Å². The monoisotopic (exact) mass is 372 g/mol. The topological polar surface area (TPSA) is 66.4 Å². The Hall–Kier alpha value is -1.99. The molecule has 0 unspecified atom stereocenters. The molecular formula is C19H24N4O2S. The maximum atomic E-state index is 13.0. The number of hydrogen-bond donors (Lipinski definition) is 0. The van der Waals surface area contributed by atoms with E-state index in [4.69, 9.17) is 0 Å². The van der Waals surface area contributed by atoms with Crippen molar-refractivity contribution in [2.24, 2.45) is 5.92 Å². The Morgan fingerprint density at radius 2 is 1.77 bits per heavy atom. The van der Waals surface area contributed by atoms with Crippen LogP contribution >= 0.6 is 0 Å². The van der Waals surface area contributed by atoms with Crippen LogP contribution in [0.1, 0.15) is 24.0 Å². The highest BCUT2D eigenvalue weighted by Gasteiger charge is 2.46. The van der Waals surface area contributed by atoms with Gasteiger partial charge in [-0.15, -0.1) is 0 Å². The molecule has 0 saturated carbocycles. The number of fused-ring (bicyclic) bond motifs is 1. The molecule has 3 heterocycles. The molecule has 0 aliphatic carbocycles. The number of nitrogens with zero attached hydrogens (tertiary/aromatic N) is 4. The van der Waals surface area contributed by atoms with E-state index < -0.39 is 10.0 Å². The van der Waals surface area contributed by atoms with E-state index in [1.54, 1.807) is 4.31 Å². The van der Waals surface area contributed by atoms with E-state index in [9.17, 15) is 8.42 Å². The minimum absolute atomic E-state index is 0.180. The summed E-state index contributed by atoms with van der Waals surface area (Å²) in [6.07, 6.45) is 5.11. The smallest absolute Gasteiger partial charge is 0.225 e. The Balaban J connectivity index is 1.48. The molecule has 2 aliphatic heterocycles. The lowest BCUT2D eigenvalue weighted by atomic mass is 10.0. The fourth-order valence-electron chi connectivity index (χ4n) is 3.99. The van der Waals surface area contributed by atoms with Crippen LogP contribution in [0.5, 0.6) is 0 Å². The number of benzene rings is 1. The quantitative estimate of drug-likeness (QED) is 0.826. The molecule has 0 amide bonds. The average Bonchev–Trinajstić information content (AvgIpc) is 2.78. The normalized spacial score (nSPS) is 25.7. The molecule has 0 spiro atoms. The first kappa shape index (κ1) is 17.4. The average molecular weight is 372 g/mol. The third-order valence-corrected chi connectivity index (χ3v) is 7.80. The largest absolute Gasteiger partial charge is 0.341 e. The van der Waals surface area contributed by atoms with E-state index in [0.717, 1.165) is 24.1 Å². The van der Waals surface area contributed by atoms with Crippen LogP contribution in [0.4, 0.5) is 5.95 Å². The molecule has 4 rings (SSSR count). The van der Waals surface area contributed by atoms with Gasteiger partial charge < -0.3 is 4.90 Å². The van der Waals surface area contributed by atoms with Gasteiger partial charge in [-0.05, 0) is 36.8 Å². The molecule has 26 heavy (non-hydrogen) atoms. The van der Waals surface area contributed by atoms with E-state index in [1.807, 2.05) is 49.6 Å². The summed E-state index contributed by atoms with van der Waals surface area (Å²) in [5.41, 5.74) is 2.07. The molecule has 7 heteroatoms. The van der Waals surface area contributed by atoms with Gasteiger partial charge in [0, 0.05) is 38.6 Å². The van der Waals surface area contributed by atoms with Gasteiger partial charge in [0.1, 0.15) is 0 Å². The van der Waals surface area contributed by atoms with Crippen molar-refractivity contribution in [1.29, 1.82) is 0 Å². The summed E-state index contributed by atoms with van der Waals surface area (Å²) in [6, 6.07) is 9.83. The highest BCUT2D eigenvalue weighted by molar-refractivity contribution is 7.90. The summed E-state index contributed by atoms with van der Waals surface area (Å²) in [5, 5.41) is -0.290. The molecule has 0 bridgehead atoms. The van der Waals surface area contributed by atoms with Gasteiger partial charge in [-0.25, -0.2) is 18.4 Å². The molecule has 1 aromatic carbocycles. The molecule has 2 aliphatic rings. The first-order valence-corrected chi connectivity index (χ1v) is 10.6. The van der Waals surface area contributed by atoms with Crippen molar-refractivity contribution in [3.63, 3.8) is 0 Å². The van der Waals surface area contributed by atoms with Crippen LogP contribution in [0.25, 0.3) is 0 Å². The lowest BCUT2D eigenvalue weighted by Gasteiger charge is -2.22. The van der Waals surface area contributed by atoms with Crippen LogP contribution in [0.15, 0.2) is 42.7 Å². The third kappa shape index (κ3) is 3.33. The van der Waals surface area contributed by atoms with Gasteiger partial charge >= 0.3 is 0 Å². The molecule has 6 nitrogen and oxygen atoms in total. The van der Waals surface area contributed by atoms with E-state index in [1.165, 1.54) is 0 Å². The molecule has 2 saturated heterocycles. The Morgan fingerprint density at radius 3 is 2.50 bits per heavy atom. The van der Waals surface area contributed by atoms with Crippen LogP contribution < -0.4 is 4.90 Å². The van der Waals surface area contributed by atoms with Crippen molar-refractivity contribution in [2.75, 3.05) is 24.5 Å². The van der Waals surface area contributed by atoms with Gasteiger partial charge in [-0.1, -0.05) is 30.3 Å². The Kier molecular flexibility index (Phi) is 4.67. The van der Waals surface area contributed by atoms with E-state index in [0.29, 0.717) is 32.0 Å². The zero-order valence-electron chi connectivity index (χ0n) is 15.0. The lowest BCUT2D eigenvalue weighted by molar-refractivity contribution is 0.381. The fraction of sp³-hybridized carbons (Fsp3) is 0.474. The van der Waals surface area contributed by atoms with Gasteiger partial charge in [0.2, 0.25) is 16.0 Å². The number of sulfonamides is 1. The predicted octanol–water partition coefficient (Wildman–Crippen LogP) is 2.22. The van der Waals surface area contributed by atoms with Crippen LogP contribution in [-0.4, -0.2) is 47.6 Å². The van der Waals surface area contributed by atoms with Gasteiger partial charge in [-0.2, -0.15) is 4.31 Å². The molecule has 1 aromatic heterocycles. The summed E-state index contributed by atoms with van der Waals surface area (Å²) < 4.78 is 27.8. The molecular weight excluding hydrogens is 348 g/mol. The molecule has 0 radical (unpaired) electrons. The minimum Gasteiger partial charge on any atom is -0.341 e. The first-order chi connectivity index (χ1) is 12.5. The van der Waals surface area contributed by atoms with Crippen LogP contribution in [0.2, 0.25) is 0 Å². The van der Waals surface area contributed by atoms with Crippen molar-refractivity contribution in [3.05, 3.63) is 53.9 Å². The van der Waals surface area contributed by atoms with Gasteiger partial charge in [0.15, 0.2) is 0 Å². The molecule has 2 aromatic rings. The number of hydrogen-bond acceptors (Lipinski definition) is 5. The van der Waals surface area contributed by atoms with Gasteiger partial charge in [0.25, 0.3) is 0 Å². The second kappa shape index (κ2) is 6.96. The van der Waals surface area contributed by atoms with Crippen LogP contribution in [0, 0.1) is 12.8 Å². The Labute approximate surface area is 154 Å². The van der Waals surface area contributed by atoms with Crippen LogP contribution in [-0.2, 0) is 16.6 Å². The molecule has 2 fully saturated rings. The SMILES string of the molecule is Cc1cnc(N2CC[C@@H]3CN(Cc4ccccc4)S(=O)(=O)[C@@H]3CC2)nc1. The maximum absolute atomic E-state index is 13.0. The summed E-state index contributed by atoms with van der Waals surface area (Å²) in [4.78, 5) is 10.9. The first-order valence-electron chi connectivity index (χ1n) is 9.10. The lowest BCUT2D eigenvalue weighted by Crippen LogP contribution is -2.32. The third-order valence-electron chi connectivity index (χ3n) is 5.41. The number of aryl methyl sites for hydroxylation is 1. The Bertz CT molecular complexity index is 855. The summed E-state index contributed by atoms with van der Waals surface area (Å²) >= 11 is 0. The number of aromatic nitrogens is 2. The molecule has 0 N–H and O–H groups in total.